The molecule has 6 heteroatoms. The van der Waals surface area contributed by atoms with Crippen molar-refractivity contribution in [2.45, 2.75) is 45.2 Å². The summed E-state index contributed by atoms with van der Waals surface area (Å²) in [5, 5.41) is 8.55. The Labute approximate surface area is 145 Å². The van der Waals surface area contributed by atoms with Crippen molar-refractivity contribution >= 4 is 28.6 Å². The number of likely N-dealkylation sites (tertiary alicyclic amines) is 1. The second-order valence-corrected chi connectivity index (χ2v) is 8.37. The quantitative estimate of drug-likeness (QED) is 0.895. The van der Waals surface area contributed by atoms with Crippen molar-refractivity contribution in [1.29, 1.82) is 0 Å². The minimum absolute atomic E-state index is 0.183. The first-order valence-electron chi connectivity index (χ1n) is 7.98. The van der Waals surface area contributed by atoms with Gasteiger partial charge in [0.15, 0.2) is 0 Å². The highest BCUT2D eigenvalue weighted by Crippen LogP contribution is 2.34. The van der Waals surface area contributed by atoms with Gasteiger partial charge in [-0.25, -0.2) is 4.98 Å². The summed E-state index contributed by atoms with van der Waals surface area (Å²) in [5.74, 6) is 0.183. The van der Waals surface area contributed by atoms with Gasteiger partial charge in [0.1, 0.15) is 5.01 Å². The van der Waals surface area contributed by atoms with Crippen LogP contribution in [0.2, 0.25) is 0 Å². The van der Waals surface area contributed by atoms with Crippen molar-refractivity contribution in [1.82, 2.24) is 15.2 Å². The summed E-state index contributed by atoms with van der Waals surface area (Å²) < 4.78 is 0. The van der Waals surface area contributed by atoms with Crippen LogP contribution >= 0.6 is 22.7 Å². The lowest BCUT2D eigenvalue weighted by atomic mass is 10.1. The molecule has 1 atom stereocenters. The Bertz CT molecular complexity index is 663. The fourth-order valence-corrected chi connectivity index (χ4v) is 4.73. The monoisotopic (exact) mass is 349 g/mol. The number of carbonyl (C=O) groups excluding carboxylic acids is 1. The molecule has 4 nitrogen and oxygen atoms in total. The molecule has 1 saturated heterocycles. The first-order valence-corrected chi connectivity index (χ1v) is 9.74. The molecule has 0 aliphatic carbocycles. The van der Waals surface area contributed by atoms with Gasteiger partial charge in [0.25, 0.3) is 0 Å². The minimum atomic E-state index is -0.285. The van der Waals surface area contributed by atoms with Crippen LogP contribution in [0.5, 0.6) is 0 Å². The van der Waals surface area contributed by atoms with Crippen molar-refractivity contribution in [3.8, 4) is 0 Å². The minimum Gasteiger partial charge on any atom is -0.334 e. The smallest absolute Gasteiger partial charge is 0.237 e. The molecule has 1 aliphatic heterocycles. The lowest BCUT2D eigenvalue weighted by Crippen LogP contribution is -2.44. The highest BCUT2D eigenvalue weighted by atomic mass is 32.1. The Kier molecular flexibility index (Phi) is 4.85. The zero-order chi connectivity index (χ0) is 16.4. The molecule has 0 spiro atoms. The molecule has 0 bridgehead atoms. The second-order valence-electron chi connectivity index (χ2n) is 6.53. The molecule has 2 aromatic rings. The molecule has 1 unspecified atom stereocenters. The summed E-state index contributed by atoms with van der Waals surface area (Å²) in [4.78, 5) is 20.6. The highest BCUT2D eigenvalue weighted by Gasteiger charge is 2.32. The van der Waals surface area contributed by atoms with Gasteiger partial charge in [-0.1, -0.05) is 6.07 Å². The Morgan fingerprint density at radius 1 is 1.48 bits per heavy atom. The van der Waals surface area contributed by atoms with Crippen LogP contribution < -0.4 is 5.32 Å². The summed E-state index contributed by atoms with van der Waals surface area (Å²) in [7, 11) is 0. The first kappa shape index (κ1) is 16.6. The predicted molar refractivity (Wildman–Crippen MR) is 95.9 cm³/mol. The van der Waals surface area contributed by atoms with Crippen LogP contribution in [0.15, 0.2) is 22.9 Å². The van der Waals surface area contributed by atoms with Gasteiger partial charge in [-0.2, -0.15) is 0 Å². The molecular formula is C17H23N3OS2. The van der Waals surface area contributed by atoms with Crippen molar-refractivity contribution < 1.29 is 4.79 Å². The molecule has 3 heterocycles. The van der Waals surface area contributed by atoms with E-state index in [1.807, 2.05) is 17.2 Å². The number of aromatic nitrogens is 1. The Morgan fingerprint density at radius 3 is 2.96 bits per heavy atom. The van der Waals surface area contributed by atoms with Crippen LogP contribution in [0.4, 0.5) is 0 Å². The number of nitrogens with one attached hydrogen (secondary N) is 1. The van der Waals surface area contributed by atoms with Crippen molar-refractivity contribution in [3.63, 3.8) is 0 Å². The fraction of sp³-hybridized carbons (Fsp3) is 0.529. The van der Waals surface area contributed by atoms with Crippen LogP contribution in [-0.2, 0) is 10.3 Å². The van der Waals surface area contributed by atoms with E-state index >= 15 is 0 Å². The zero-order valence-corrected chi connectivity index (χ0v) is 15.5. The largest absolute Gasteiger partial charge is 0.334 e. The van der Waals surface area contributed by atoms with Gasteiger partial charge in [-0.15, -0.1) is 22.7 Å². The lowest BCUT2D eigenvalue weighted by Gasteiger charge is -2.28. The van der Waals surface area contributed by atoms with E-state index in [2.05, 4.69) is 41.7 Å². The van der Waals surface area contributed by atoms with Gasteiger partial charge in [0.2, 0.25) is 5.91 Å². The number of thiazole rings is 1. The topological polar surface area (TPSA) is 45.2 Å². The van der Waals surface area contributed by atoms with Crippen molar-refractivity contribution in [3.05, 3.63) is 38.5 Å². The molecule has 0 radical (unpaired) electrons. The summed E-state index contributed by atoms with van der Waals surface area (Å²) in [6.07, 6.45) is 2.16. The number of thiophene rings is 1. The van der Waals surface area contributed by atoms with Crippen LogP contribution in [0.1, 0.15) is 48.3 Å². The molecule has 1 amide bonds. The van der Waals surface area contributed by atoms with Crippen LogP contribution in [-0.4, -0.2) is 28.9 Å². The molecule has 0 saturated carbocycles. The van der Waals surface area contributed by atoms with Crippen LogP contribution in [0.3, 0.4) is 0 Å². The molecule has 2 aromatic heterocycles. The molecular weight excluding hydrogens is 326 g/mol. The molecule has 1 aliphatic rings. The molecule has 3 rings (SSSR count). The number of hydrogen-bond donors (Lipinski definition) is 1. The standard InChI is InChI=1S/C17H23N3OS2/c1-12-11-23-16(19-12)17(2,3)18-10-15(21)20-8-4-6-13(20)14-7-5-9-22-14/h5,7,9,11,13,18H,4,6,8,10H2,1-3H3. The number of rotatable bonds is 5. The maximum atomic E-state index is 12.7. The maximum Gasteiger partial charge on any atom is 0.237 e. The maximum absolute atomic E-state index is 12.7. The van der Waals surface area contributed by atoms with Gasteiger partial charge < -0.3 is 4.90 Å². The number of hydrogen-bond acceptors (Lipinski definition) is 5. The van der Waals surface area contributed by atoms with E-state index in [0.717, 1.165) is 30.1 Å². The van der Waals surface area contributed by atoms with Gasteiger partial charge in [-0.05, 0) is 45.1 Å². The number of carbonyl (C=O) groups is 1. The summed E-state index contributed by atoms with van der Waals surface area (Å²) in [6, 6.07) is 4.46. The van der Waals surface area contributed by atoms with Crippen molar-refractivity contribution in [2.75, 3.05) is 13.1 Å². The molecule has 124 valence electrons. The molecule has 0 aromatic carbocycles. The Morgan fingerprint density at radius 2 is 2.30 bits per heavy atom. The summed E-state index contributed by atoms with van der Waals surface area (Å²) >= 11 is 3.38. The van der Waals surface area contributed by atoms with Gasteiger partial charge in [-0.3, -0.25) is 10.1 Å². The third-order valence-corrected chi connectivity index (χ3v) is 6.54. The average Bonchev–Trinajstić information content (AvgIpc) is 3.24. The summed E-state index contributed by atoms with van der Waals surface area (Å²) in [6.45, 7) is 7.38. The van der Waals surface area contributed by atoms with E-state index in [0.29, 0.717) is 6.54 Å². The third kappa shape index (κ3) is 3.65. The zero-order valence-electron chi connectivity index (χ0n) is 13.8. The fourth-order valence-electron chi connectivity index (χ4n) is 2.96. The number of amides is 1. The lowest BCUT2D eigenvalue weighted by molar-refractivity contribution is -0.131. The SMILES string of the molecule is Cc1csc(C(C)(C)NCC(=O)N2CCCC2c2cccs2)n1. The highest BCUT2D eigenvalue weighted by molar-refractivity contribution is 7.10. The van der Waals surface area contributed by atoms with E-state index in [-0.39, 0.29) is 17.5 Å². The van der Waals surface area contributed by atoms with Crippen LogP contribution in [0, 0.1) is 6.92 Å². The normalized spacial score (nSPS) is 18.6. The molecule has 1 N–H and O–H groups in total. The van der Waals surface area contributed by atoms with E-state index in [4.69, 9.17) is 0 Å². The Hall–Kier alpha value is -1.24. The van der Waals surface area contributed by atoms with Gasteiger partial charge in [0.05, 0.1) is 18.1 Å². The number of nitrogens with zero attached hydrogens (tertiary/aromatic N) is 2. The predicted octanol–water partition coefficient (Wildman–Crippen LogP) is 3.70. The molecule has 1 fully saturated rings. The van der Waals surface area contributed by atoms with E-state index in [1.54, 1.807) is 22.7 Å². The van der Waals surface area contributed by atoms with E-state index in [1.165, 1.54) is 4.88 Å². The van der Waals surface area contributed by atoms with Crippen LogP contribution in [0.25, 0.3) is 0 Å². The molecule has 23 heavy (non-hydrogen) atoms. The second kappa shape index (κ2) is 6.71. The average molecular weight is 350 g/mol. The van der Waals surface area contributed by atoms with E-state index in [9.17, 15) is 4.79 Å². The number of aryl methyl sites for hydroxylation is 1. The Balaban J connectivity index is 1.63. The third-order valence-electron chi connectivity index (χ3n) is 4.28. The van der Waals surface area contributed by atoms with E-state index < -0.39 is 0 Å². The first-order chi connectivity index (χ1) is 11.0. The van der Waals surface area contributed by atoms with Gasteiger partial charge >= 0.3 is 0 Å². The van der Waals surface area contributed by atoms with Crippen molar-refractivity contribution in [2.24, 2.45) is 0 Å². The van der Waals surface area contributed by atoms with Gasteiger partial charge in [0, 0.05) is 22.5 Å². The summed E-state index contributed by atoms with van der Waals surface area (Å²) in [5.41, 5.74) is 0.746.